The van der Waals surface area contributed by atoms with E-state index < -0.39 is 0 Å². The molecule has 0 spiro atoms. The van der Waals surface area contributed by atoms with E-state index in [-0.39, 0.29) is 17.7 Å². The average Bonchev–Trinajstić information content (AvgIpc) is 3.34. The van der Waals surface area contributed by atoms with Gasteiger partial charge in [-0.3, -0.25) is 4.79 Å². The minimum Gasteiger partial charge on any atom is -0.445 e. The van der Waals surface area contributed by atoms with E-state index in [4.69, 9.17) is 14.1 Å². The molecule has 2 fully saturated rings. The summed E-state index contributed by atoms with van der Waals surface area (Å²) in [4.78, 5) is 24.1. The number of rotatable bonds is 5. The third kappa shape index (κ3) is 3.60. The Morgan fingerprint density at radius 2 is 1.88 bits per heavy atom. The first-order valence-corrected chi connectivity index (χ1v) is 10.8. The maximum absolute atomic E-state index is 12.6. The Hall–Kier alpha value is -3.72. The average molecular weight is 430 g/mol. The molecule has 162 valence electrons. The summed E-state index contributed by atoms with van der Waals surface area (Å²) < 4.78 is 13.1. The van der Waals surface area contributed by atoms with E-state index in [0.717, 1.165) is 24.1 Å². The number of anilines is 1. The summed E-state index contributed by atoms with van der Waals surface area (Å²) in [5, 5.41) is 7.64. The standard InChI is InChI=1S/C23H22N6O3/c30-22(24-16-6-7-16)19-14-18-20(32-19)21(28-10-12-31-13-11-28)26-23(25-18)29-9-8-17(27-29)15-4-2-1-3-5-15/h1-5,8-9,14,16H,6-7,10-13H2,(H,24,30). The van der Waals surface area contributed by atoms with Gasteiger partial charge < -0.3 is 19.4 Å². The van der Waals surface area contributed by atoms with Crippen LogP contribution in [0.25, 0.3) is 28.3 Å². The van der Waals surface area contributed by atoms with Gasteiger partial charge in [-0.15, -0.1) is 0 Å². The number of nitrogens with one attached hydrogen (secondary N) is 1. The predicted molar refractivity (Wildman–Crippen MR) is 118 cm³/mol. The number of carbonyl (C=O) groups excluding carboxylic acids is 1. The molecule has 1 amide bonds. The smallest absolute Gasteiger partial charge is 0.287 e. The monoisotopic (exact) mass is 430 g/mol. The number of nitrogens with zero attached hydrogens (tertiary/aromatic N) is 5. The van der Waals surface area contributed by atoms with Gasteiger partial charge in [0.15, 0.2) is 17.2 Å². The number of ether oxygens (including phenoxy) is 1. The molecule has 1 saturated carbocycles. The highest BCUT2D eigenvalue weighted by Crippen LogP contribution is 2.30. The second kappa shape index (κ2) is 7.76. The van der Waals surface area contributed by atoms with Gasteiger partial charge in [-0.25, -0.2) is 9.67 Å². The van der Waals surface area contributed by atoms with Crippen molar-refractivity contribution < 1.29 is 13.9 Å². The van der Waals surface area contributed by atoms with Crippen molar-refractivity contribution in [1.29, 1.82) is 0 Å². The first-order valence-electron chi connectivity index (χ1n) is 10.8. The van der Waals surface area contributed by atoms with Gasteiger partial charge >= 0.3 is 0 Å². The van der Waals surface area contributed by atoms with Crippen LogP contribution in [-0.2, 0) is 4.74 Å². The lowest BCUT2D eigenvalue weighted by Gasteiger charge is -2.27. The Morgan fingerprint density at radius 1 is 1.06 bits per heavy atom. The number of hydrogen-bond donors (Lipinski definition) is 1. The quantitative estimate of drug-likeness (QED) is 0.520. The molecule has 1 saturated heterocycles. The summed E-state index contributed by atoms with van der Waals surface area (Å²) in [5.41, 5.74) is 2.93. The van der Waals surface area contributed by atoms with Gasteiger partial charge in [0.1, 0.15) is 5.52 Å². The van der Waals surface area contributed by atoms with Crippen LogP contribution in [0.2, 0.25) is 0 Å². The van der Waals surface area contributed by atoms with E-state index in [2.05, 4.69) is 20.3 Å². The molecule has 0 unspecified atom stereocenters. The molecule has 2 aliphatic rings. The van der Waals surface area contributed by atoms with E-state index in [0.29, 0.717) is 49.2 Å². The molecule has 1 aliphatic heterocycles. The fraction of sp³-hybridized carbons (Fsp3) is 0.304. The summed E-state index contributed by atoms with van der Waals surface area (Å²) in [6.45, 7) is 2.58. The molecular weight excluding hydrogens is 408 g/mol. The summed E-state index contributed by atoms with van der Waals surface area (Å²) in [5.74, 6) is 1.11. The van der Waals surface area contributed by atoms with Crippen LogP contribution in [-0.4, -0.2) is 58.0 Å². The first kappa shape index (κ1) is 19.0. The third-order valence-electron chi connectivity index (χ3n) is 5.65. The molecule has 9 nitrogen and oxygen atoms in total. The molecule has 4 heterocycles. The van der Waals surface area contributed by atoms with Gasteiger partial charge in [0.25, 0.3) is 11.9 Å². The maximum Gasteiger partial charge on any atom is 0.287 e. The number of furan rings is 1. The van der Waals surface area contributed by atoms with Gasteiger partial charge in [-0.05, 0) is 18.9 Å². The van der Waals surface area contributed by atoms with E-state index in [9.17, 15) is 4.79 Å². The highest BCUT2D eigenvalue weighted by molar-refractivity contribution is 5.97. The molecule has 0 atom stereocenters. The SMILES string of the molecule is O=C(NC1CC1)c1cc2nc(-n3ccc(-c4ccccc4)n3)nc(N3CCOCC3)c2o1. The van der Waals surface area contributed by atoms with E-state index in [1.807, 2.05) is 42.6 Å². The van der Waals surface area contributed by atoms with Crippen molar-refractivity contribution in [3.8, 4) is 17.2 Å². The van der Waals surface area contributed by atoms with Crippen LogP contribution in [0, 0.1) is 0 Å². The van der Waals surface area contributed by atoms with E-state index >= 15 is 0 Å². The molecule has 0 radical (unpaired) electrons. The minimum absolute atomic E-state index is 0.217. The van der Waals surface area contributed by atoms with Crippen LogP contribution in [0.5, 0.6) is 0 Å². The molecule has 1 N–H and O–H groups in total. The Kier molecular flexibility index (Phi) is 4.61. The zero-order valence-corrected chi connectivity index (χ0v) is 17.4. The second-order valence-electron chi connectivity index (χ2n) is 8.03. The zero-order chi connectivity index (χ0) is 21.5. The van der Waals surface area contributed by atoms with Gasteiger partial charge in [0.2, 0.25) is 0 Å². The molecule has 1 aliphatic carbocycles. The normalized spacial score (nSPS) is 16.4. The Labute approximate surface area is 184 Å². The van der Waals surface area contributed by atoms with Crippen LogP contribution in [0.4, 0.5) is 5.82 Å². The summed E-state index contributed by atoms with van der Waals surface area (Å²) in [6, 6.07) is 13.8. The highest BCUT2D eigenvalue weighted by atomic mass is 16.5. The van der Waals surface area contributed by atoms with Crippen LogP contribution in [0.1, 0.15) is 23.4 Å². The van der Waals surface area contributed by atoms with Gasteiger partial charge in [-0.2, -0.15) is 10.1 Å². The van der Waals surface area contributed by atoms with Crippen molar-refractivity contribution >= 4 is 22.8 Å². The van der Waals surface area contributed by atoms with Gasteiger partial charge in [0, 0.05) is 37.0 Å². The van der Waals surface area contributed by atoms with E-state index in [1.54, 1.807) is 10.7 Å². The maximum atomic E-state index is 12.6. The van der Waals surface area contributed by atoms with Crippen molar-refractivity contribution in [2.75, 3.05) is 31.2 Å². The number of fused-ring (bicyclic) bond motifs is 1. The summed E-state index contributed by atoms with van der Waals surface area (Å²) in [7, 11) is 0. The Morgan fingerprint density at radius 3 is 2.66 bits per heavy atom. The minimum atomic E-state index is -0.217. The Bertz CT molecular complexity index is 1270. The molecule has 1 aromatic carbocycles. The number of aromatic nitrogens is 4. The number of morpholine rings is 1. The van der Waals surface area contributed by atoms with Crippen molar-refractivity contribution in [2.45, 2.75) is 18.9 Å². The fourth-order valence-electron chi connectivity index (χ4n) is 3.79. The lowest BCUT2D eigenvalue weighted by Crippen LogP contribution is -2.37. The predicted octanol–water partition coefficient (Wildman–Crippen LogP) is 2.80. The topological polar surface area (TPSA) is 98.3 Å². The molecule has 32 heavy (non-hydrogen) atoms. The van der Waals surface area contributed by atoms with Crippen LogP contribution < -0.4 is 10.2 Å². The van der Waals surface area contributed by atoms with Gasteiger partial charge in [0.05, 0.1) is 18.9 Å². The summed E-state index contributed by atoms with van der Waals surface area (Å²) in [6.07, 6.45) is 3.86. The van der Waals surface area contributed by atoms with Crippen molar-refractivity contribution in [3.63, 3.8) is 0 Å². The van der Waals surface area contributed by atoms with Crippen molar-refractivity contribution in [3.05, 3.63) is 54.4 Å². The van der Waals surface area contributed by atoms with Gasteiger partial charge in [-0.1, -0.05) is 30.3 Å². The van der Waals surface area contributed by atoms with Crippen molar-refractivity contribution in [1.82, 2.24) is 25.1 Å². The largest absolute Gasteiger partial charge is 0.445 e. The Balaban J connectivity index is 1.42. The summed E-state index contributed by atoms with van der Waals surface area (Å²) >= 11 is 0. The second-order valence-corrected chi connectivity index (χ2v) is 8.03. The molecule has 4 aromatic rings. The number of carbonyl (C=O) groups is 1. The number of amides is 1. The molecule has 6 rings (SSSR count). The lowest BCUT2D eigenvalue weighted by molar-refractivity contribution is 0.0925. The van der Waals surface area contributed by atoms with Crippen LogP contribution in [0.15, 0.2) is 53.1 Å². The lowest BCUT2D eigenvalue weighted by atomic mass is 10.2. The molecular formula is C23H22N6O3. The zero-order valence-electron chi connectivity index (χ0n) is 17.4. The molecule has 0 bridgehead atoms. The van der Waals surface area contributed by atoms with Crippen molar-refractivity contribution in [2.24, 2.45) is 0 Å². The molecule has 3 aromatic heterocycles. The highest BCUT2D eigenvalue weighted by Gasteiger charge is 2.27. The van der Waals surface area contributed by atoms with Crippen LogP contribution >= 0.6 is 0 Å². The fourth-order valence-corrected chi connectivity index (χ4v) is 3.79. The number of hydrogen-bond acceptors (Lipinski definition) is 7. The van der Waals surface area contributed by atoms with Crippen LogP contribution in [0.3, 0.4) is 0 Å². The molecule has 9 heteroatoms. The third-order valence-corrected chi connectivity index (χ3v) is 5.65. The number of benzene rings is 1. The van der Waals surface area contributed by atoms with E-state index in [1.165, 1.54) is 0 Å². The first-order chi connectivity index (χ1) is 15.7.